The van der Waals surface area contributed by atoms with Crippen LogP contribution in [0.15, 0.2) is 115 Å². The second-order valence-corrected chi connectivity index (χ2v) is 16.0. The van der Waals surface area contributed by atoms with E-state index >= 15 is 0 Å². The highest BCUT2D eigenvalue weighted by Crippen LogP contribution is 2.74. The van der Waals surface area contributed by atoms with E-state index in [9.17, 15) is 5.26 Å². The van der Waals surface area contributed by atoms with Gasteiger partial charge in [-0.3, -0.25) is 4.98 Å². The van der Waals surface area contributed by atoms with E-state index in [1.807, 2.05) is 36.5 Å². The van der Waals surface area contributed by atoms with Crippen LogP contribution in [0.3, 0.4) is 0 Å². The maximum absolute atomic E-state index is 11.5. The molecule has 0 atom stereocenters. The normalized spacial score (nSPS) is 17.0. The van der Waals surface area contributed by atoms with E-state index in [2.05, 4.69) is 141 Å². The molecule has 9 rings (SSSR count). The first-order valence-electron chi connectivity index (χ1n) is 18.0. The highest BCUT2D eigenvalue weighted by atomic mass is 15.2. The van der Waals surface area contributed by atoms with Crippen LogP contribution in [0.1, 0.15) is 80.6 Å². The highest BCUT2D eigenvalue weighted by Gasteiger charge is 2.68. The van der Waals surface area contributed by atoms with Gasteiger partial charge in [0, 0.05) is 28.1 Å². The molecule has 1 aromatic heterocycles. The fraction of sp³-hybridized carbons (Fsp3) is 0.208. The van der Waals surface area contributed by atoms with Gasteiger partial charge in [-0.05, 0) is 93.6 Å². The summed E-state index contributed by atoms with van der Waals surface area (Å²) in [5.41, 5.74) is 11.0. The lowest BCUT2D eigenvalue weighted by molar-refractivity contribution is 0.232. The first-order valence-corrected chi connectivity index (χ1v) is 18.0. The van der Waals surface area contributed by atoms with Gasteiger partial charge < -0.3 is 4.90 Å². The fourth-order valence-corrected chi connectivity index (χ4v) is 10.8. The number of anilines is 3. The minimum absolute atomic E-state index is 0.198. The molecule has 254 valence electrons. The topological polar surface area (TPSA) is 48.6 Å². The molecule has 0 N–H and O–H groups in total. The van der Waals surface area contributed by atoms with Gasteiger partial charge in [-0.1, -0.05) is 113 Å². The molecule has 0 radical (unpaired) electrons. The summed E-state index contributed by atoms with van der Waals surface area (Å²) < 4.78 is 0. The number of rotatable bonds is 2. The predicted molar refractivity (Wildman–Crippen MR) is 212 cm³/mol. The molecule has 0 unspecified atom stereocenters. The Balaban J connectivity index is 1.42. The maximum atomic E-state index is 11.5. The van der Waals surface area contributed by atoms with Crippen molar-refractivity contribution >= 4 is 28.4 Å². The van der Waals surface area contributed by atoms with E-state index in [-0.39, 0.29) is 5.69 Å². The van der Waals surface area contributed by atoms with Crippen LogP contribution in [-0.2, 0) is 21.7 Å². The van der Waals surface area contributed by atoms with Gasteiger partial charge in [-0.2, -0.15) is 5.26 Å². The third-order valence-electron chi connectivity index (χ3n) is 12.7. The van der Waals surface area contributed by atoms with Crippen molar-refractivity contribution in [1.29, 1.82) is 5.26 Å². The zero-order chi connectivity index (χ0) is 37.1. The summed E-state index contributed by atoms with van der Waals surface area (Å²) in [7, 11) is 0. The molecule has 0 saturated carbocycles. The summed E-state index contributed by atoms with van der Waals surface area (Å²) in [5.74, 6) is 0. The Labute approximate surface area is 311 Å². The first-order chi connectivity index (χ1) is 25.5. The number of hydrogen-bond donors (Lipinski definition) is 0. The lowest BCUT2D eigenvalue weighted by atomic mass is 9.52. The average Bonchev–Trinajstić information content (AvgIpc) is 3.56. The van der Waals surface area contributed by atoms with E-state index in [0.717, 1.165) is 44.9 Å². The molecule has 0 fully saturated rings. The molecule has 0 amide bonds. The van der Waals surface area contributed by atoms with Crippen LogP contribution in [0.5, 0.6) is 0 Å². The van der Waals surface area contributed by atoms with Crippen LogP contribution < -0.4 is 4.90 Å². The van der Waals surface area contributed by atoms with Gasteiger partial charge in [0.2, 0.25) is 11.4 Å². The number of nitrogens with zero attached hydrogens (tertiary/aromatic N) is 5. The van der Waals surface area contributed by atoms with Gasteiger partial charge in [0.15, 0.2) is 0 Å². The molecule has 53 heavy (non-hydrogen) atoms. The standard InChI is InChI=1S/C48H37N5/c1-45(2)36-27-30(29-17-10-9-11-18-29)24-25-37(36)53(38-23-16-26-52-44(38)45)43-33(28-49)39-40(41(50-7)42(43)51-8)47(5,6)48(46(39,3)4)34-21-14-12-19-31(34)32-20-13-15-22-35(32)48/h9-27H,1-6H3. The van der Waals surface area contributed by atoms with Crippen molar-refractivity contribution in [2.24, 2.45) is 0 Å². The molecule has 6 aromatic rings. The number of nitriles is 1. The number of benzene rings is 5. The largest absolute Gasteiger partial charge is 0.318 e. The highest BCUT2D eigenvalue weighted by molar-refractivity contribution is 6.02. The lowest BCUT2D eigenvalue weighted by Crippen LogP contribution is -2.51. The number of hydrogen-bond acceptors (Lipinski definition) is 3. The van der Waals surface area contributed by atoms with Crippen LogP contribution in [0.25, 0.3) is 31.9 Å². The van der Waals surface area contributed by atoms with Crippen molar-refractivity contribution in [3.63, 3.8) is 0 Å². The molecule has 0 saturated heterocycles. The predicted octanol–water partition coefficient (Wildman–Crippen LogP) is 12.4. The molecule has 5 heteroatoms. The van der Waals surface area contributed by atoms with Crippen molar-refractivity contribution in [2.75, 3.05) is 4.90 Å². The Bertz CT molecular complexity index is 2650. The quantitative estimate of drug-likeness (QED) is 0.171. The monoisotopic (exact) mass is 683 g/mol. The molecule has 5 aromatic carbocycles. The van der Waals surface area contributed by atoms with Crippen LogP contribution in [0.4, 0.5) is 28.4 Å². The van der Waals surface area contributed by atoms with Crippen LogP contribution in [0.2, 0.25) is 0 Å². The minimum atomic E-state index is -0.679. The van der Waals surface area contributed by atoms with Gasteiger partial charge in [0.1, 0.15) is 6.07 Å². The Morgan fingerprint density at radius 2 is 1.23 bits per heavy atom. The Morgan fingerprint density at radius 3 is 1.85 bits per heavy atom. The fourth-order valence-electron chi connectivity index (χ4n) is 10.8. The number of pyridine rings is 1. The molecule has 3 aliphatic rings. The summed E-state index contributed by atoms with van der Waals surface area (Å²) in [6.07, 6.45) is 1.81. The van der Waals surface area contributed by atoms with Crippen molar-refractivity contribution in [1.82, 2.24) is 4.98 Å². The van der Waals surface area contributed by atoms with Crippen molar-refractivity contribution in [3.05, 3.63) is 177 Å². The smallest absolute Gasteiger partial charge is 0.219 e. The third-order valence-corrected chi connectivity index (χ3v) is 12.7. The summed E-state index contributed by atoms with van der Waals surface area (Å²) in [5, 5.41) is 11.5. The first kappa shape index (κ1) is 32.4. The van der Waals surface area contributed by atoms with Crippen molar-refractivity contribution in [3.8, 4) is 28.3 Å². The average molecular weight is 684 g/mol. The zero-order valence-electron chi connectivity index (χ0n) is 30.7. The van der Waals surface area contributed by atoms with Gasteiger partial charge in [-0.15, -0.1) is 0 Å². The molecule has 2 heterocycles. The Morgan fingerprint density at radius 1 is 0.623 bits per heavy atom. The molecule has 1 spiro atoms. The molecule has 5 nitrogen and oxygen atoms in total. The second kappa shape index (κ2) is 10.8. The van der Waals surface area contributed by atoms with Gasteiger partial charge in [0.25, 0.3) is 0 Å². The van der Waals surface area contributed by atoms with Crippen molar-refractivity contribution in [2.45, 2.75) is 63.2 Å². The molecular formula is C48H37N5. The summed E-state index contributed by atoms with van der Waals surface area (Å²) in [6, 6.07) is 40.5. The molecule has 1 aliphatic heterocycles. The summed E-state index contributed by atoms with van der Waals surface area (Å²) in [4.78, 5) is 15.5. The third kappa shape index (κ3) is 3.76. The maximum Gasteiger partial charge on any atom is 0.219 e. The summed E-state index contributed by atoms with van der Waals surface area (Å²) >= 11 is 0. The second-order valence-electron chi connectivity index (χ2n) is 16.0. The van der Waals surface area contributed by atoms with Gasteiger partial charge >= 0.3 is 0 Å². The van der Waals surface area contributed by atoms with Gasteiger partial charge in [-0.25, -0.2) is 9.69 Å². The molecule has 0 bridgehead atoms. The number of aromatic nitrogens is 1. The number of fused-ring (bicyclic) bond motifs is 8. The molecule has 2 aliphatic carbocycles. The zero-order valence-corrected chi connectivity index (χ0v) is 30.7. The Hall–Kier alpha value is -6.48. The Kier molecular flexibility index (Phi) is 6.59. The van der Waals surface area contributed by atoms with E-state index < -0.39 is 21.7 Å². The van der Waals surface area contributed by atoms with E-state index in [4.69, 9.17) is 18.1 Å². The van der Waals surface area contributed by atoms with Crippen LogP contribution in [0, 0.1) is 24.5 Å². The van der Waals surface area contributed by atoms with Crippen molar-refractivity contribution < 1.29 is 0 Å². The van der Waals surface area contributed by atoms with E-state index in [1.54, 1.807) is 0 Å². The van der Waals surface area contributed by atoms with Crippen LogP contribution >= 0.6 is 0 Å². The minimum Gasteiger partial charge on any atom is -0.318 e. The molecular weight excluding hydrogens is 647 g/mol. The van der Waals surface area contributed by atoms with E-state index in [1.165, 1.54) is 22.3 Å². The SMILES string of the molecule is [C-]#[N+]c1c([N+]#[C-])c2c(c(C#N)c1N1c3ccc(-c4ccccc4)cc3C(C)(C)c3ncccc31)C(C)(C)C1(c3ccccc3-c3ccccc31)C2(C)C. The van der Waals surface area contributed by atoms with Gasteiger partial charge in [0.05, 0.1) is 35.8 Å². The summed E-state index contributed by atoms with van der Waals surface area (Å²) in [6.45, 7) is 30.8. The lowest BCUT2D eigenvalue weighted by Gasteiger charge is -2.49. The van der Waals surface area contributed by atoms with Crippen LogP contribution in [-0.4, -0.2) is 4.98 Å². The van der Waals surface area contributed by atoms with E-state index in [0.29, 0.717) is 16.9 Å².